The van der Waals surface area contributed by atoms with Gasteiger partial charge < -0.3 is 10.1 Å². The molecule has 1 rings (SSSR count). The van der Waals surface area contributed by atoms with Crippen LogP contribution in [0.15, 0.2) is 24.3 Å². The van der Waals surface area contributed by atoms with Gasteiger partial charge in [0.2, 0.25) is 0 Å². The van der Waals surface area contributed by atoms with Gasteiger partial charge in [-0.2, -0.15) is 0 Å². The van der Waals surface area contributed by atoms with Crippen LogP contribution in [0.3, 0.4) is 0 Å². The third-order valence-electron chi connectivity index (χ3n) is 2.09. The first-order valence-corrected chi connectivity index (χ1v) is 6.89. The summed E-state index contributed by atoms with van der Waals surface area (Å²) < 4.78 is 5.48. The third kappa shape index (κ3) is 5.41. The molecule has 0 radical (unpaired) electrons. The van der Waals surface area contributed by atoms with E-state index in [0.29, 0.717) is 17.3 Å². The van der Waals surface area contributed by atoms with Gasteiger partial charge >= 0.3 is 0 Å². The average molecular weight is 321 g/mol. The van der Waals surface area contributed by atoms with Crippen LogP contribution in [-0.2, 0) is 4.79 Å². The van der Waals surface area contributed by atoms with Gasteiger partial charge in [-0.25, -0.2) is 0 Å². The third-order valence-corrected chi connectivity index (χ3v) is 2.88. The second-order valence-corrected chi connectivity index (χ2v) is 4.78. The standard InChI is InChI=1S/C12H15BrClNO2/c1-9(12(16)15-7-3-6-13)17-11-5-2-4-10(14)8-11/h2,4-5,8-9H,3,6-7H2,1H3,(H,15,16). The van der Waals surface area contributed by atoms with Crippen LogP contribution in [-0.4, -0.2) is 23.9 Å². The maximum Gasteiger partial charge on any atom is 0.260 e. The molecule has 0 aromatic heterocycles. The highest BCUT2D eigenvalue weighted by atomic mass is 79.9. The fraction of sp³-hybridized carbons (Fsp3) is 0.417. The Kier molecular flexibility index (Phi) is 6.37. The van der Waals surface area contributed by atoms with E-state index in [4.69, 9.17) is 16.3 Å². The molecule has 1 atom stereocenters. The van der Waals surface area contributed by atoms with Gasteiger partial charge in [-0.05, 0) is 31.5 Å². The van der Waals surface area contributed by atoms with Crippen molar-refractivity contribution in [2.24, 2.45) is 0 Å². The molecule has 0 fully saturated rings. The lowest BCUT2D eigenvalue weighted by atomic mass is 10.3. The van der Waals surface area contributed by atoms with E-state index in [2.05, 4.69) is 21.2 Å². The van der Waals surface area contributed by atoms with Gasteiger partial charge in [0.1, 0.15) is 5.75 Å². The zero-order chi connectivity index (χ0) is 12.7. The summed E-state index contributed by atoms with van der Waals surface area (Å²) in [4.78, 5) is 11.6. The van der Waals surface area contributed by atoms with Crippen LogP contribution in [0, 0.1) is 0 Å². The lowest BCUT2D eigenvalue weighted by molar-refractivity contribution is -0.127. The van der Waals surface area contributed by atoms with Gasteiger partial charge in [0.25, 0.3) is 5.91 Å². The number of alkyl halides is 1. The highest BCUT2D eigenvalue weighted by Gasteiger charge is 2.13. The molecule has 17 heavy (non-hydrogen) atoms. The van der Waals surface area contributed by atoms with E-state index >= 15 is 0 Å². The van der Waals surface area contributed by atoms with Gasteiger partial charge in [-0.1, -0.05) is 33.6 Å². The van der Waals surface area contributed by atoms with Gasteiger partial charge in [0.05, 0.1) is 0 Å². The van der Waals surface area contributed by atoms with E-state index in [0.717, 1.165) is 11.8 Å². The molecule has 5 heteroatoms. The van der Waals surface area contributed by atoms with Crippen LogP contribution in [0.2, 0.25) is 5.02 Å². The van der Waals surface area contributed by atoms with Crippen LogP contribution in [0.1, 0.15) is 13.3 Å². The van der Waals surface area contributed by atoms with Gasteiger partial charge in [-0.3, -0.25) is 4.79 Å². The minimum absolute atomic E-state index is 0.120. The second-order valence-electron chi connectivity index (χ2n) is 3.55. The Morgan fingerprint density at radius 2 is 2.35 bits per heavy atom. The molecular formula is C12H15BrClNO2. The van der Waals surface area contributed by atoms with Crippen LogP contribution >= 0.6 is 27.5 Å². The Labute approximate surface area is 115 Å². The monoisotopic (exact) mass is 319 g/mol. The summed E-state index contributed by atoms with van der Waals surface area (Å²) in [5.74, 6) is 0.478. The number of rotatable bonds is 6. The largest absolute Gasteiger partial charge is 0.481 e. The Morgan fingerprint density at radius 3 is 3.00 bits per heavy atom. The van der Waals surface area contributed by atoms with E-state index in [1.807, 2.05) is 0 Å². The minimum Gasteiger partial charge on any atom is -0.481 e. The number of carbonyl (C=O) groups is 1. The molecule has 1 aromatic rings. The van der Waals surface area contributed by atoms with E-state index in [-0.39, 0.29) is 5.91 Å². The predicted octanol–water partition coefficient (Wildman–Crippen LogP) is 3.01. The van der Waals surface area contributed by atoms with Crippen molar-refractivity contribution in [1.29, 1.82) is 0 Å². The average Bonchev–Trinajstić information content (AvgIpc) is 2.29. The lowest BCUT2D eigenvalue weighted by Crippen LogP contribution is -2.36. The molecular weight excluding hydrogens is 305 g/mol. The summed E-state index contributed by atoms with van der Waals surface area (Å²) >= 11 is 9.13. The fourth-order valence-corrected chi connectivity index (χ4v) is 1.68. The minimum atomic E-state index is -0.524. The number of ether oxygens (including phenoxy) is 1. The summed E-state index contributed by atoms with van der Waals surface area (Å²) in [6, 6.07) is 7.00. The first-order chi connectivity index (χ1) is 8.13. The van der Waals surface area contributed by atoms with Crippen molar-refractivity contribution >= 4 is 33.4 Å². The fourth-order valence-electron chi connectivity index (χ4n) is 1.22. The molecule has 0 aliphatic heterocycles. The molecule has 0 aliphatic carbocycles. The highest BCUT2D eigenvalue weighted by Crippen LogP contribution is 2.18. The normalized spacial score (nSPS) is 11.9. The Hall–Kier alpha value is -0.740. The maximum atomic E-state index is 11.6. The maximum absolute atomic E-state index is 11.6. The van der Waals surface area contributed by atoms with E-state index < -0.39 is 6.10 Å². The molecule has 3 nitrogen and oxygen atoms in total. The molecule has 1 unspecified atom stereocenters. The topological polar surface area (TPSA) is 38.3 Å². The van der Waals surface area contributed by atoms with Gasteiger partial charge in [-0.15, -0.1) is 0 Å². The zero-order valence-electron chi connectivity index (χ0n) is 9.58. The molecule has 1 aromatic carbocycles. The zero-order valence-corrected chi connectivity index (χ0v) is 11.9. The van der Waals surface area contributed by atoms with Crippen LogP contribution in [0.4, 0.5) is 0 Å². The number of hydrogen-bond donors (Lipinski definition) is 1. The number of carbonyl (C=O) groups excluding carboxylic acids is 1. The van der Waals surface area contributed by atoms with Crippen molar-refractivity contribution in [3.8, 4) is 5.75 Å². The van der Waals surface area contributed by atoms with Crippen molar-refractivity contribution in [2.45, 2.75) is 19.4 Å². The van der Waals surface area contributed by atoms with E-state index in [9.17, 15) is 4.79 Å². The smallest absolute Gasteiger partial charge is 0.260 e. The number of benzene rings is 1. The van der Waals surface area contributed by atoms with Crippen LogP contribution < -0.4 is 10.1 Å². The molecule has 0 saturated heterocycles. The predicted molar refractivity (Wildman–Crippen MR) is 73.0 cm³/mol. The Morgan fingerprint density at radius 1 is 1.59 bits per heavy atom. The van der Waals surface area contributed by atoms with E-state index in [1.165, 1.54) is 0 Å². The number of nitrogens with one attached hydrogen (secondary N) is 1. The van der Waals surface area contributed by atoms with Crippen LogP contribution in [0.5, 0.6) is 5.75 Å². The Bertz CT molecular complexity index is 373. The molecule has 0 saturated carbocycles. The molecule has 0 spiro atoms. The van der Waals surface area contributed by atoms with Crippen molar-refractivity contribution in [3.05, 3.63) is 29.3 Å². The summed E-state index contributed by atoms with van der Waals surface area (Å²) in [6.07, 6.45) is 0.374. The lowest BCUT2D eigenvalue weighted by Gasteiger charge is -2.14. The summed E-state index contributed by atoms with van der Waals surface area (Å²) in [5, 5.41) is 4.26. The summed E-state index contributed by atoms with van der Waals surface area (Å²) in [7, 11) is 0. The molecule has 1 N–H and O–H groups in total. The molecule has 0 bridgehead atoms. The molecule has 0 aliphatic rings. The highest BCUT2D eigenvalue weighted by molar-refractivity contribution is 9.09. The number of halogens is 2. The van der Waals surface area contributed by atoms with Crippen molar-refractivity contribution in [1.82, 2.24) is 5.32 Å². The van der Waals surface area contributed by atoms with Crippen molar-refractivity contribution in [2.75, 3.05) is 11.9 Å². The SMILES string of the molecule is CC(Oc1cccc(Cl)c1)C(=O)NCCCBr. The number of hydrogen-bond acceptors (Lipinski definition) is 2. The summed E-state index contributed by atoms with van der Waals surface area (Å²) in [6.45, 7) is 2.36. The van der Waals surface area contributed by atoms with E-state index in [1.54, 1.807) is 31.2 Å². The quantitative estimate of drug-likeness (QED) is 0.646. The van der Waals surface area contributed by atoms with Gasteiger partial charge in [0.15, 0.2) is 6.10 Å². The first-order valence-electron chi connectivity index (χ1n) is 5.39. The molecule has 1 amide bonds. The second kappa shape index (κ2) is 7.56. The molecule has 94 valence electrons. The van der Waals surface area contributed by atoms with Crippen molar-refractivity contribution < 1.29 is 9.53 Å². The van der Waals surface area contributed by atoms with Gasteiger partial charge in [0, 0.05) is 16.9 Å². The number of amides is 1. The summed E-state index contributed by atoms with van der Waals surface area (Å²) in [5.41, 5.74) is 0. The Balaban J connectivity index is 2.43. The molecule has 0 heterocycles. The first kappa shape index (κ1) is 14.3. The van der Waals surface area contributed by atoms with Crippen LogP contribution in [0.25, 0.3) is 0 Å². The van der Waals surface area contributed by atoms with Crippen molar-refractivity contribution in [3.63, 3.8) is 0 Å².